The Kier molecular flexibility index (Phi) is 6.91. The molecule has 1 unspecified atom stereocenters. The van der Waals surface area contributed by atoms with E-state index in [1.165, 1.54) is 32.6 Å². The summed E-state index contributed by atoms with van der Waals surface area (Å²) in [6, 6.07) is 2.77. The van der Waals surface area contributed by atoms with Crippen LogP contribution in [0.1, 0.15) is 50.1 Å². The predicted octanol–water partition coefficient (Wildman–Crippen LogP) is 4.40. The summed E-state index contributed by atoms with van der Waals surface area (Å²) in [7, 11) is 0. The van der Waals surface area contributed by atoms with Crippen molar-refractivity contribution in [1.82, 2.24) is 10.6 Å². The number of carbonyl (C=O) groups excluding carboxylic acids is 1. The molecule has 2 rings (SSSR count). The van der Waals surface area contributed by atoms with Crippen molar-refractivity contribution in [3.05, 3.63) is 31.5 Å². The van der Waals surface area contributed by atoms with Crippen LogP contribution in [-0.4, -0.2) is 24.8 Å². The van der Waals surface area contributed by atoms with Crippen molar-refractivity contribution in [1.29, 1.82) is 0 Å². The van der Waals surface area contributed by atoms with Gasteiger partial charge >= 0.3 is 6.09 Å². The van der Waals surface area contributed by atoms with Gasteiger partial charge in [0.25, 0.3) is 0 Å². The van der Waals surface area contributed by atoms with Crippen molar-refractivity contribution in [2.45, 2.75) is 51.7 Å². The standard InChI is InChI=1S/C17H25IN2O2S/c1-17(2,3)22-16(21)20-10-5-4-9-19-13-7-6-8-14-12(13)11-15(18)23-14/h4-5,11,13,19H,6-10H2,1-3H3,(H,20,21)/b5-4+. The van der Waals surface area contributed by atoms with E-state index in [4.69, 9.17) is 4.74 Å². The van der Waals surface area contributed by atoms with Crippen LogP contribution >= 0.6 is 33.9 Å². The van der Waals surface area contributed by atoms with Gasteiger partial charge in [-0.15, -0.1) is 11.3 Å². The van der Waals surface area contributed by atoms with Crippen molar-refractivity contribution in [2.24, 2.45) is 0 Å². The van der Waals surface area contributed by atoms with E-state index in [1.54, 1.807) is 0 Å². The molecule has 1 aliphatic carbocycles. The lowest BCUT2D eigenvalue weighted by molar-refractivity contribution is 0.0534. The Morgan fingerprint density at radius 1 is 1.43 bits per heavy atom. The van der Waals surface area contributed by atoms with Crippen molar-refractivity contribution in [3.8, 4) is 0 Å². The Balaban J connectivity index is 1.69. The van der Waals surface area contributed by atoms with Gasteiger partial charge in [0.05, 0.1) is 2.88 Å². The molecule has 6 heteroatoms. The number of hydrogen-bond acceptors (Lipinski definition) is 4. The van der Waals surface area contributed by atoms with Crippen LogP contribution in [0.2, 0.25) is 0 Å². The molecule has 1 aromatic heterocycles. The molecule has 128 valence electrons. The molecule has 0 aromatic carbocycles. The molecule has 1 amide bonds. The molecule has 0 saturated heterocycles. The number of fused-ring (bicyclic) bond motifs is 1. The molecule has 0 fully saturated rings. The van der Waals surface area contributed by atoms with E-state index in [0.29, 0.717) is 12.6 Å². The summed E-state index contributed by atoms with van der Waals surface area (Å²) >= 11 is 4.32. The van der Waals surface area contributed by atoms with Crippen LogP contribution in [0.25, 0.3) is 0 Å². The van der Waals surface area contributed by atoms with Gasteiger partial charge in [-0.3, -0.25) is 0 Å². The molecule has 1 heterocycles. The van der Waals surface area contributed by atoms with Gasteiger partial charge in [0.1, 0.15) is 5.60 Å². The smallest absolute Gasteiger partial charge is 0.407 e. The van der Waals surface area contributed by atoms with E-state index in [9.17, 15) is 4.79 Å². The Hall–Kier alpha value is -0.600. The number of ether oxygens (including phenoxy) is 1. The molecule has 2 N–H and O–H groups in total. The first-order chi connectivity index (χ1) is 10.8. The topological polar surface area (TPSA) is 50.4 Å². The van der Waals surface area contributed by atoms with E-state index in [0.717, 1.165) is 6.54 Å². The molecule has 0 aliphatic heterocycles. The van der Waals surface area contributed by atoms with Crippen molar-refractivity contribution in [3.63, 3.8) is 0 Å². The molecule has 0 saturated carbocycles. The van der Waals surface area contributed by atoms with Crippen LogP contribution in [0.4, 0.5) is 4.79 Å². The molecule has 4 nitrogen and oxygen atoms in total. The van der Waals surface area contributed by atoms with Crippen LogP contribution in [0, 0.1) is 2.88 Å². The third-order valence-electron chi connectivity index (χ3n) is 3.50. The van der Waals surface area contributed by atoms with Gasteiger partial charge in [0, 0.05) is 24.0 Å². The fourth-order valence-electron chi connectivity index (χ4n) is 2.57. The summed E-state index contributed by atoms with van der Waals surface area (Å²) in [6.45, 7) is 6.87. The molecular weight excluding hydrogens is 423 g/mol. The average Bonchev–Trinajstić information content (AvgIpc) is 2.81. The summed E-state index contributed by atoms with van der Waals surface area (Å²) in [5, 5.41) is 6.31. The number of halogens is 1. The number of aryl methyl sites for hydroxylation is 1. The summed E-state index contributed by atoms with van der Waals surface area (Å²) in [4.78, 5) is 13.0. The number of rotatable bonds is 5. The maximum absolute atomic E-state index is 11.5. The van der Waals surface area contributed by atoms with Gasteiger partial charge < -0.3 is 15.4 Å². The van der Waals surface area contributed by atoms with Gasteiger partial charge in [-0.05, 0) is 74.3 Å². The van der Waals surface area contributed by atoms with Crippen molar-refractivity contribution >= 4 is 40.0 Å². The molecule has 0 bridgehead atoms. The van der Waals surface area contributed by atoms with Gasteiger partial charge in [-0.25, -0.2) is 4.79 Å². The Labute approximate surface area is 156 Å². The average molecular weight is 448 g/mol. The van der Waals surface area contributed by atoms with E-state index in [-0.39, 0.29) is 6.09 Å². The maximum Gasteiger partial charge on any atom is 0.407 e. The molecule has 0 spiro atoms. The number of hydrogen-bond donors (Lipinski definition) is 2. The third-order valence-corrected chi connectivity index (χ3v) is 5.47. The third kappa shape index (κ3) is 6.43. The van der Waals surface area contributed by atoms with Crippen LogP contribution in [0.15, 0.2) is 18.2 Å². The normalized spacial score (nSPS) is 18.0. The maximum atomic E-state index is 11.5. The first kappa shape index (κ1) is 18.7. The lowest BCUT2D eigenvalue weighted by Gasteiger charge is -2.23. The highest BCUT2D eigenvalue weighted by molar-refractivity contribution is 14.1. The van der Waals surface area contributed by atoms with Crippen LogP contribution in [0.3, 0.4) is 0 Å². The fourth-order valence-corrected chi connectivity index (χ4v) is 4.69. The largest absolute Gasteiger partial charge is 0.444 e. The van der Waals surface area contributed by atoms with E-state index >= 15 is 0 Å². The SMILES string of the molecule is CC(C)(C)OC(=O)NC/C=C/CNC1CCCc2sc(I)cc21. The van der Waals surface area contributed by atoms with Crippen LogP contribution < -0.4 is 10.6 Å². The highest BCUT2D eigenvalue weighted by Crippen LogP contribution is 2.36. The molecule has 1 aromatic rings. The van der Waals surface area contributed by atoms with Gasteiger partial charge in [-0.2, -0.15) is 0 Å². The van der Waals surface area contributed by atoms with Gasteiger partial charge in [0.15, 0.2) is 0 Å². The predicted molar refractivity (Wildman–Crippen MR) is 104 cm³/mol. The molecule has 0 radical (unpaired) electrons. The zero-order valence-electron chi connectivity index (χ0n) is 13.9. The van der Waals surface area contributed by atoms with Gasteiger partial charge in [-0.1, -0.05) is 12.2 Å². The van der Waals surface area contributed by atoms with E-state index in [1.807, 2.05) is 38.2 Å². The van der Waals surface area contributed by atoms with E-state index < -0.39 is 5.60 Å². The zero-order chi connectivity index (χ0) is 16.9. The van der Waals surface area contributed by atoms with Crippen LogP contribution in [-0.2, 0) is 11.2 Å². The highest BCUT2D eigenvalue weighted by atomic mass is 127. The summed E-state index contributed by atoms with van der Waals surface area (Å²) in [5.74, 6) is 0. The first-order valence-corrected chi connectivity index (χ1v) is 9.88. The quantitative estimate of drug-likeness (QED) is 0.519. The Morgan fingerprint density at radius 3 is 2.91 bits per heavy atom. The summed E-state index contributed by atoms with van der Waals surface area (Å²) in [6.07, 6.45) is 7.31. The fraction of sp³-hybridized carbons (Fsp3) is 0.588. The monoisotopic (exact) mass is 448 g/mol. The number of thiophene rings is 1. The Morgan fingerprint density at radius 2 is 2.17 bits per heavy atom. The van der Waals surface area contributed by atoms with Gasteiger partial charge in [0.2, 0.25) is 0 Å². The minimum Gasteiger partial charge on any atom is -0.444 e. The summed E-state index contributed by atoms with van der Waals surface area (Å²) in [5.41, 5.74) is 1.03. The number of nitrogens with one attached hydrogen (secondary N) is 2. The Bertz CT molecular complexity index is 563. The molecule has 23 heavy (non-hydrogen) atoms. The molecular formula is C17H25IN2O2S. The second-order valence-corrected chi connectivity index (χ2v) is 9.67. The van der Waals surface area contributed by atoms with Crippen LogP contribution in [0.5, 0.6) is 0 Å². The first-order valence-electron chi connectivity index (χ1n) is 7.98. The second kappa shape index (κ2) is 8.48. The van der Waals surface area contributed by atoms with Crippen molar-refractivity contribution in [2.75, 3.05) is 13.1 Å². The number of alkyl carbamates (subject to hydrolysis) is 1. The minimum absolute atomic E-state index is 0.375. The molecule has 1 aliphatic rings. The molecule has 1 atom stereocenters. The lowest BCUT2D eigenvalue weighted by atomic mass is 9.94. The highest BCUT2D eigenvalue weighted by Gasteiger charge is 2.21. The lowest BCUT2D eigenvalue weighted by Crippen LogP contribution is -2.32. The minimum atomic E-state index is -0.452. The number of carbonyl (C=O) groups is 1. The second-order valence-electron chi connectivity index (χ2n) is 6.64. The van der Waals surface area contributed by atoms with E-state index in [2.05, 4.69) is 45.4 Å². The number of amides is 1. The van der Waals surface area contributed by atoms with Crippen molar-refractivity contribution < 1.29 is 9.53 Å². The summed E-state index contributed by atoms with van der Waals surface area (Å²) < 4.78 is 6.56. The zero-order valence-corrected chi connectivity index (χ0v) is 16.9.